The lowest BCUT2D eigenvalue weighted by molar-refractivity contribution is -0.111. The SMILES string of the molecule is COC1CCN(c2ccc(NC(=O)/C=C/c3ccc4c(c3)OCO4)cc2)C1. The van der Waals surface area contributed by atoms with Crippen LogP contribution in [0.1, 0.15) is 12.0 Å². The van der Waals surface area contributed by atoms with Crippen LogP contribution in [0.2, 0.25) is 0 Å². The molecule has 2 aromatic rings. The van der Waals surface area contributed by atoms with Crippen LogP contribution in [0.15, 0.2) is 48.5 Å². The highest BCUT2D eigenvalue weighted by atomic mass is 16.7. The Morgan fingerprint density at radius 1 is 1.19 bits per heavy atom. The van der Waals surface area contributed by atoms with Gasteiger partial charge in [0.25, 0.3) is 0 Å². The highest BCUT2D eigenvalue weighted by Gasteiger charge is 2.22. The molecule has 4 rings (SSSR count). The second-order valence-electron chi connectivity index (χ2n) is 6.57. The van der Waals surface area contributed by atoms with Gasteiger partial charge in [-0.2, -0.15) is 0 Å². The average Bonchev–Trinajstić information content (AvgIpc) is 3.36. The number of benzene rings is 2. The second kappa shape index (κ2) is 7.72. The standard InChI is InChI=1S/C21H22N2O4/c1-25-18-10-11-23(13-18)17-6-4-16(5-7-17)22-21(24)9-3-15-2-8-19-20(12-15)27-14-26-19/h2-9,12,18H,10-11,13-14H2,1H3,(H,22,24)/b9-3+. The molecule has 1 fully saturated rings. The Kier molecular flexibility index (Phi) is 4.98. The highest BCUT2D eigenvalue weighted by Crippen LogP contribution is 2.32. The predicted molar refractivity (Wildman–Crippen MR) is 104 cm³/mol. The first-order valence-corrected chi connectivity index (χ1v) is 8.98. The summed E-state index contributed by atoms with van der Waals surface area (Å²) in [6.07, 6.45) is 4.60. The summed E-state index contributed by atoms with van der Waals surface area (Å²) in [7, 11) is 1.75. The number of nitrogens with zero attached hydrogens (tertiary/aromatic N) is 1. The van der Waals surface area contributed by atoms with Crippen molar-refractivity contribution in [1.29, 1.82) is 0 Å². The first-order valence-electron chi connectivity index (χ1n) is 8.98. The third kappa shape index (κ3) is 4.06. The Morgan fingerprint density at radius 2 is 2.00 bits per heavy atom. The van der Waals surface area contributed by atoms with Crippen molar-refractivity contribution in [2.24, 2.45) is 0 Å². The maximum Gasteiger partial charge on any atom is 0.248 e. The van der Waals surface area contributed by atoms with Gasteiger partial charge in [-0.3, -0.25) is 4.79 Å². The van der Waals surface area contributed by atoms with Gasteiger partial charge < -0.3 is 24.4 Å². The summed E-state index contributed by atoms with van der Waals surface area (Å²) in [6, 6.07) is 13.5. The molecule has 2 aliphatic rings. The molecule has 0 saturated carbocycles. The minimum absolute atomic E-state index is 0.180. The molecule has 1 unspecified atom stereocenters. The largest absolute Gasteiger partial charge is 0.454 e. The van der Waals surface area contributed by atoms with Gasteiger partial charge in [-0.05, 0) is 54.5 Å². The number of anilines is 2. The molecule has 6 heteroatoms. The van der Waals surface area contributed by atoms with Gasteiger partial charge in [0.15, 0.2) is 11.5 Å². The van der Waals surface area contributed by atoms with Crippen molar-refractivity contribution in [3.63, 3.8) is 0 Å². The summed E-state index contributed by atoms with van der Waals surface area (Å²) >= 11 is 0. The van der Waals surface area contributed by atoms with Crippen LogP contribution < -0.4 is 19.7 Å². The molecular weight excluding hydrogens is 344 g/mol. The van der Waals surface area contributed by atoms with E-state index in [-0.39, 0.29) is 12.7 Å². The summed E-state index contributed by atoms with van der Waals surface area (Å²) < 4.78 is 16.0. The molecule has 2 aliphatic heterocycles. The van der Waals surface area contributed by atoms with Crippen LogP contribution in [-0.4, -0.2) is 39.0 Å². The molecule has 0 aromatic heterocycles. The number of hydrogen-bond donors (Lipinski definition) is 1. The van der Waals surface area contributed by atoms with Crippen molar-refractivity contribution in [3.05, 3.63) is 54.1 Å². The third-order valence-electron chi connectivity index (χ3n) is 4.80. The van der Waals surface area contributed by atoms with E-state index < -0.39 is 0 Å². The fraction of sp³-hybridized carbons (Fsp3) is 0.286. The van der Waals surface area contributed by atoms with E-state index in [0.29, 0.717) is 11.9 Å². The molecule has 0 radical (unpaired) electrons. The van der Waals surface area contributed by atoms with Crippen LogP contribution in [0.3, 0.4) is 0 Å². The molecular formula is C21H22N2O4. The van der Waals surface area contributed by atoms with Gasteiger partial charge in [0, 0.05) is 37.7 Å². The molecule has 2 aromatic carbocycles. The fourth-order valence-electron chi connectivity index (χ4n) is 3.28. The number of amides is 1. The maximum atomic E-state index is 12.2. The number of carbonyl (C=O) groups excluding carboxylic acids is 1. The average molecular weight is 366 g/mol. The van der Waals surface area contributed by atoms with Crippen LogP contribution in [0.4, 0.5) is 11.4 Å². The Bertz CT molecular complexity index is 848. The van der Waals surface area contributed by atoms with E-state index in [4.69, 9.17) is 14.2 Å². The number of rotatable bonds is 5. The van der Waals surface area contributed by atoms with Gasteiger partial charge in [-0.15, -0.1) is 0 Å². The molecule has 1 saturated heterocycles. The van der Waals surface area contributed by atoms with E-state index in [1.807, 2.05) is 42.5 Å². The summed E-state index contributed by atoms with van der Waals surface area (Å²) in [6.45, 7) is 2.13. The van der Waals surface area contributed by atoms with E-state index >= 15 is 0 Å². The van der Waals surface area contributed by atoms with Gasteiger partial charge in [0.1, 0.15) is 0 Å². The molecule has 1 atom stereocenters. The molecule has 0 aliphatic carbocycles. The first-order chi connectivity index (χ1) is 13.2. The zero-order valence-corrected chi connectivity index (χ0v) is 15.2. The molecule has 6 nitrogen and oxygen atoms in total. The first kappa shape index (κ1) is 17.4. The predicted octanol–water partition coefficient (Wildman–Crippen LogP) is 3.29. The second-order valence-corrected chi connectivity index (χ2v) is 6.57. The Labute approximate surface area is 158 Å². The number of hydrogen-bond acceptors (Lipinski definition) is 5. The highest BCUT2D eigenvalue weighted by molar-refractivity contribution is 6.02. The van der Waals surface area contributed by atoms with Crippen molar-refractivity contribution in [3.8, 4) is 11.5 Å². The summed E-state index contributed by atoms with van der Waals surface area (Å²) in [5, 5.41) is 2.88. The van der Waals surface area contributed by atoms with E-state index in [0.717, 1.165) is 42.2 Å². The minimum Gasteiger partial charge on any atom is -0.454 e. The zero-order chi connectivity index (χ0) is 18.6. The quantitative estimate of drug-likeness (QED) is 0.823. The van der Waals surface area contributed by atoms with E-state index in [9.17, 15) is 4.79 Å². The van der Waals surface area contributed by atoms with Gasteiger partial charge >= 0.3 is 0 Å². The number of nitrogens with one attached hydrogen (secondary N) is 1. The summed E-state index contributed by atoms with van der Waals surface area (Å²) in [4.78, 5) is 14.5. The van der Waals surface area contributed by atoms with Crippen molar-refractivity contribution in [2.75, 3.05) is 37.2 Å². The molecule has 27 heavy (non-hydrogen) atoms. The summed E-state index contributed by atoms with van der Waals surface area (Å²) in [5.41, 5.74) is 2.79. The number of ether oxygens (including phenoxy) is 3. The topological polar surface area (TPSA) is 60.0 Å². The number of methoxy groups -OCH3 is 1. The molecule has 140 valence electrons. The van der Waals surface area contributed by atoms with Crippen LogP contribution in [0.25, 0.3) is 6.08 Å². The maximum absolute atomic E-state index is 12.2. The molecule has 2 heterocycles. The van der Waals surface area contributed by atoms with Crippen LogP contribution in [-0.2, 0) is 9.53 Å². The third-order valence-corrected chi connectivity index (χ3v) is 4.80. The van der Waals surface area contributed by atoms with Crippen molar-refractivity contribution >= 4 is 23.4 Å². The van der Waals surface area contributed by atoms with Crippen molar-refractivity contribution in [1.82, 2.24) is 0 Å². The number of fused-ring (bicyclic) bond motifs is 1. The lowest BCUT2D eigenvalue weighted by atomic mass is 10.2. The smallest absolute Gasteiger partial charge is 0.248 e. The van der Waals surface area contributed by atoms with Crippen LogP contribution in [0, 0.1) is 0 Å². The van der Waals surface area contributed by atoms with Crippen molar-refractivity contribution in [2.45, 2.75) is 12.5 Å². The Hall–Kier alpha value is -2.99. The number of carbonyl (C=O) groups is 1. The molecule has 1 N–H and O–H groups in total. The van der Waals surface area contributed by atoms with E-state index in [1.54, 1.807) is 13.2 Å². The van der Waals surface area contributed by atoms with E-state index in [2.05, 4.69) is 10.2 Å². The molecule has 1 amide bonds. The Balaban J connectivity index is 1.34. The van der Waals surface area contributed by atoms with Crippen LogP contribution in [0.5, 0.6) is 11.5 Å². The van der Waals surface area contributed by atoms with Crippen LogP contribution >= 0.6 is 0 Å². The zero-order valence-electron chi connectivity index (χ0n) is 15.2. The van der Waals surface area contributed by atoms with Crippen molar-refractivity contribution < 1.29 is 19.0 Å². The monoisotopic (exact) mass is 366 g/mol. The van der Waals surface area contributed by atoms with Gasteiger partial charge in [0.2, 0.25) is 12.7 Å². The fourth-order valence-corrected chi connectivity index (χ4v) is 3.28. The lowest BCUT2D eigenvalue weighted by Crippen LogP contribution is -2.22. The molecule has 0 bridgehead atoms. The molecule has 0 spiro atoms. The Morgan fingerprint density at radius 3 is 2.78 bits per heavy atom. The van der Waals surface area contributed by atoms with Gasteiger partial charge in [-0.25, -0.2) is 0 Å². The lowest BCUT2D eigenvalue weighted by Gasteiger charge is -2.18. The minimum atomic E-state index is -0.180. The van der Waals surface area contributed by atoms with Gasteiger partial charge in [-0.1, -0.05) is 6.07 Å². The van der Waals surface area contributed by atoms with Gasteiger partial charge in [0.05, 0.1) is 6.10 Å². The van der Waals surface area contributed by atoms with E-state index in [1.165, 1.54) is 6.08 Å². The summed E-state index contributed by atoms with van der Waals surface area (Å²) in [5.74, 6) is 1.25. The normalized spacial score (nSPS) is 18.3.